The van der Waals surface area contributed by atoms with Crippen molar-refractivity contribution in [2.45, 2.75) is 32.8 Å². The van der Waals surface area contributed by atoms with E-state index in [1.807, 2.05) is 24.3 Å². The topological polar surface area (TPSA) is 87.9 Å². The Morgan fingerprint density at radius 1 is 1.00 bits per heavy atom. The minimum atomic E-state index is -0.645. The monoisotopic (exact) mass is 526 g/mol. The normalized spacial score (nSPS) is 14.4. The third-order valence-corrected chi connectivity index (χ3v) is 6.76. The number of pyridine rings is 1. The van der Waals surface area contributed by atoms with E-state index in [1.165, 1.54) is 5.69 Å². The number of ether oxygens (including phenoxy) is 1. The molecule has 1 N–H and O–H groups in total. The Morgan fingerprint density at radius 2 is 1.79 bits per heavy atom. The molecule has 5 rings (SSSR count). The SMILES string of the molecule is CN1CCN(c2ccc3cc(C(=O)Cc4cc(-c5ccco5)ccc4NC(=O)OC(C)(C)C)ncc3c2)CC1. The van der Waals surface area contributed by atoms with E-state index < -0.39 is 11.7 Å². The third kappa shape index (κ3) is 6.46. The van der Waals surface area contributed by atoms with E-state index >= 15 is 0 Å². The van der Waals surface area contributed by atoms with E-state index in [1.54, 1.807) is 45.4 Å². The molecule has 3 heterocycles. The Labute approximate surface area is 228 Å². The fourth-order valence-electron chi connectivity index (χ4n) is 4.68. The largest absolute Gasteiger partial charge is 0.464 e. The lowest BCUT2D eigenvalue weighted by molar-refractivity contribution is 0.0635. The van der Waals surface area contributed by atoms with Gasteiger partial charge in [-0.15, -0.1) is 0 Å². The number of benzene rings is 2. The number of hydrogen-bond acceptors (Lipinski definition) is 7. The third-order valence-electron chi connectivity index (χ3n) is 6.76. The van der Waals surface area contributed by atoms with Gasteiger partial charge in [-0.05, 0) is 87.3 Å². The average Bonchev–Trinajstić information content (AvgIpc) is 3.43. The Hall–Kier alpha value is -4.17. The van der Waals surface area contributed by atoms with Crippen LogP contribution < -0.4 is 10.2 Å². The smallest absolute Gasteiger partial charge is 0.412 e. The van der Waals surface area contributed by atoms with E-state index in [0.717, 1.165) is 42.5 Å². The molecule has 2 aromatic heterocycles. The molecule has 8 nitrogen and oxygen atoms in total. The van der Waals surface area contributed by atoms with E-state index in [2.05, 4.69) is 45.3 Å². The molecule has 1 amide bonds. The van der Waals surface area contributed by atoms with Crippen LogP contribution in [0.4, 0.5) is 16.2 Å². The molecule has 1 aliphatic heterocycles. The zero-order valence-corrected chi connectivity index (χ0v) is 22.9. The first kappa shape index (κ1) is 26.4. The van der Waals surface area contributed by atoms with Gasteiger partial charge in [0.15, 0.2) is 5.78 Å². The number of piperazine rings is 1. The molecule has 0 aliphatic carbocycles. The molecule has 0 radical (unpaired) electrons. The van der Waals surface area contributed by atoms with Crippen LogP contribution in [0.5, 0.6) is 0 Å². The predicted octanol–water partition coefficient (Wildman–Crippen LogP) is 6.02. The summed E-state index contributed by atoms with van der Waals surface area (Å²) in [6.07, 6.45) is 2.84. The minimum absolute atomic E-state index is 0.0531. The van der Waals surface area contributed by atoms with Crippen molar-refractivity contribution < 1.29 is 18.7 Å². The number of aromatic nitrogens is 1. The fraction of sp³-hybridized carbons (Fsp3) is 0.323. The summed E-state index contributed by atoms with van der Waals surface area (Å²) in [7, 11) is 2.14. The van der Waals surface area contributed by atoms with Crippen molar-refractivity contribution in [3.05, 3.63) is 78.3 Å². The van der Waals surface area contributed by atoms with Gasteiger partial charge in [-0.25, -0.2) is 4.79 Å². The Morgan fingerprint density at radius 3 is 2.51 bits per heavy atom. The summed E-state index contributed by atoms with van der Waals surface area (Å²) in [5.41, 5.74) is 2.86. The van der Waals surface area contributed by atoms with Crippen LogP contribution in [0.2, 0.25) is 0 Å². The Kier molecular flexibility index (Phi) is 7.39. The molecule has 0 spiro atoms. The second-order valence-corrected chi connectivity index (χ2v) is 11.0. The van der Waals surface area contributed by atoms with Crippen LogP contribution in [0.15, 0.2) is 71.5 Å². The summed E-state index contributed by atoms with van der Waals surface area (Å²) in [4.78, 5) is 35.1. The first-order valence-corrected chi connectivity index (χ1v) is 13.2. The molecule has 0 atom stereocenters. The molecular weight excluding hydrogens is 492 g/mol. The van der Waals surface area contributed by atoms with E-state index in [9.17, 15) is 9.59 Å². The maximum absolute atomic E-state index is 13.4. The van der Waals surface area contributed by atoms with Crippen molar-refractivity contribution in [2.24, 2.45) is 0 Å². The van der Waals surface area contributed by atoms with Crippen molar-refractivity contribution in [3.8, 4) is 11.3 Å². The highest BCUT2D eigenvalue weighted by Gasteiger charge is 2.20. The van der Waals surface area contributed by atoms with Crippen LogP contribution in [0.3, 0.4) is 0 Å². The molecule has 39 heavy (non-hydrogen) atoms. The van der Waals surface area contributed by atoms with Crippen LogP contribution in [0.25, 0.3) is 22.1 Å². The van der Waals surface area contributed by atoms with Gasteiger partial charge in [0.05, 0.1) is 6.26 Å². The molecule has 2 aromatic carbocycles. The average molecular weight is 527 g/mol. The summed E-state index contributed by atoms with van der Waals surface area (Å²) >= 11 is 0. The molecule has 202 valence electrons. The zero-order valence-electron chi connectivity index (χ0n) is 22.9. The number of Topliss-reactive ketones (excluding diaryl/α,β-unsaturated/α-hetero) is 1. The van der Waals surface area contributed by atoms with E-state index in [0.29, 0.717) is 22.7 Å². The lowest BCUT2D eigenvalue weighted by Gasteiger charge is -2.34. The second-order valence-electron chi connectivity index (χ2n) is 11.0. The number of rotatable bonds is 6. The lowest BCUT2D eigenvalue weighted by atomic mass is 10.00. The van der Waals surface area contributed by atoms with Gasteiger partial charge in [-0.2, -0.15) is 0 Å². The number of hydrogen-bond donors (Lipinski definition) is 1. The van der Waals surface area contributed by atoms with E-state index in [4.69, 9.17) is 9.15 Å². The highest BCUT2D eigenvalue weighted by molar-refractivity contribution is 6.00. The minimum Gasteiger partial charge on any atom is -0.464 e. The number of fused-ring (bicyclic) bond motifs is 1. The number of amides is 1. The number of ketones is 1. The summed E-state index contributed by atoms with van der Waals surface area (Å²) in [6.45, 7) is 9.46. The van der Waals surface area contributed by atoms with Gasteiger partial charge in [0.1, 0.15) is 17.1 Å². The summed E-state index contributed by atoms with van der Waals surface area (Å²) < 4.78 is 11.0. The fourth-order valence-corrected chi connectivity index (χ4v) is 4.68. The molecule has 1 aliphatic rings. The van der Waals surface area contributed by atoms with Gasteiger partial charge in [-0.3, -0.25) is 15.1 Å². The van der Waals surface area contributed by atoms with Crippen LogP contribution in [-0.2, 0) is 11.2 Å². The van der Waals surface area contributed by atoms with Gasteiger partial charge in [0, 0.05) is 61.1 Å². The number of nitrogens with one attached hydrogen (secondary N) is 1. The summed E-state index contributed by atoms with van der Waals surface area (Å²) in [6, 6.07) is 17.2. The predicted molar refractivity (Wildman–Crippen MR) is 153 cm³/mol. The Bertz CT molecular complexity index is 1480. The Balaban J connectivity index is 1.38. The summed E-state index contributed by atoms with van der Waals surface area (Å²) in [5, 5.41) is 4.75. The van der Waals surface area contributed by atoms with Gasteiger partial charge in [0.2, 0.25) is 0 Å². The molecular formula is C31H34N4O4. The van der Waals surface area contributed by atoms with Gasteiger partial charge in [-0.1, -0.05) is 6.07 Å². The molecule has 0 unspecified atom stereocenters. The first-order valence-electron chi connectivity index (χ1n) is 13.2. The standard InChI is InChI=1S/C31H34N4O4/c1-31(2,3)39-30(37)33-26-10-8-22(29-6-5-15-38-29)16-23(26)19-28(36)27-18-21-7-9-25(17-24(21)20-32-27)35-13-11-34(4)12-14-35/h5-10,15-18,20H,11-14,19H2,1-4H3,(H,33,37). The molecule has 0 saturated carbocycles. The van der Waals surface area contributed by atoms with Crippen molar-refractivity contribution in [3.63, 3.8) is 0 Å². The highest BCUT2D eigenvalue weighted by atomic mass is 16.6. The van der Waals surface area contributed by atoms with Crippen LogP contribution in [0.1, 0.15) is 36.8 Å². The van der Waals surface area contributed by atoms with Crippen LogP contribution in [-0.4, -0.2) is 60.6 Å². The van der Waals surface area contributed by atoms with Crippen molar-refractivity contribution >= 4 is 34.0 Å². The number of anilines is 2. The number of nitrogens with zero attached hydrogens (tertiary/aromatic N) is 3. The first-order chi connectivity index (χ1) is 18.6. The van der Waals surface area contributed by atoms with Crippen LogP contribution in [0, 0.1) is 0 Å². The molecule has 1 fully saturated rings. The van der Waals surface area contributed by atoms with Gasteiger partial charge in [0.25, 0.3) is 0 Å². The molecule has 4 aromatic rings. The number of furan rings is 1. The maximum Gasteiger partial charge on any atom is 0.412 e. The molecule has 0 bridgehead atoms. The van der Waals surface area contributed by atoms with Gasteiger partial charge >= 0.3 is 6.09 Å². The van der Waals surface area contributed by atoms with Crippen molar-refractivity contribution in [1.82, 2.24) is 9.88 Å². The molecule has 8 heteroatoms. The zero-order chi connectivity index (χ0) is 27.6. The number of carbonyl (C=O) groups excluding carboxylic acids is 2. The van der Waals surface area contributed by atoms with Crippen molar-refractivity contribution in [2.75, 3.05) is 43.4 Å². The highest BCUT2D eigenvalue weighted by Crippen LogP contribution is 2.28. The quantitative estimate of drug-likeness (QED) is 0.307. The van der Waals surface area contributed by atoms with Crippen LogP contribution >= 0.6 is 0 Å². The lowest BCUT2D eigenvalue weighted by Crippen LogP contribution is -2.44. The van der Waals surface area contributed by atoms with E-state index in [-0.39, 0.29) is 12.2 Å². The summed E-state index contributed by atoms with van der Waals surface area (Å²) in [5.74, 6) is 0.524. The number of carbonyl (C=O) groups is 2. The van der Waals surface area contributed by atoms with Gasteiger partial charge < -0.3 is 19.0 Å². The van der Waals surface area contributed by atoms with Crippen molar-refractivity contribution in [1.29, 1.82) is 0 Å². The second kappa shape index (κ2) is 10.9. The molecule has 1 saturated heterocycles. The number of likely N-dealkylation sites (N-methyl/N-ethyl adjacent to an activating group) is 1. The maximum atomic E-state index is 13.4.